The van der Waals surface area contributed by atoms with Gasteiger partial charge in [-0.05, 0) is 24.6 Å². The Labute approximate surface area is 143 Å². The van der Waals surface area contributed by atoms with E-state index in [2.05, 4.69) is 10.1 Å². The zero-order valence-corrected chi connectivity index (χ0v) is 14.1. The normalized spacial score (nSPS) is 14.3. The average molecular weight is 358 g/mol. The molecule has 0 aliphatic heterocycles. The number of halogens is 2. The van der Waals surface area contributed by atoms with E-state index in [0.29, 0.717) is 6.07 Å². The Bertz CT molecular complexity index is 648. The van der Waals surface area contributed by atoms with Gasteiger partial charge in [0.1, 0.15) is 11.6 Å². The lowest BCUT2D eigenvalue weighted by molar-refractivity contribution is -0.154. The van der Waals surface area contributed by atoms with Crippen LogP contribution in [0.5, 0.6) is 0 Å². The highest BCUT2D eigenvalue weighted by molar-refractivity contribution is 6.11. The van der Waals surface area contributed by atoms with Gasteiger partial charge in [-0.2, -0.15) is 0 Å². The molecule has 0 fully saturated rings. The summed E-state index contributed by atoms with van der Waals surface area (Å²) in [5.74, 6) is -4.14. The molecule has 0 radical (unpaired) electrons. The van der Waals surface area contributed by atoms with Gasteiger partial charge < -0.3 is 20.5 Å². The molecule has 1 rings (SSSR count). The Kier molecular flexibility index (Phi) is 7.13. The predicted octanol–water partition coefficient (Wildman–Crippen LogP) is 0.0980. The van der Waals surface area contributed by atoms with Crippen molar-refractivity contribution in [1.82, 2.24) is 5.32 Å². The number of esters is 1. The number of carbonyl (C=O) groups excluding carboxylic acids is 3. The molecule has 7 nitrogen and oxygen atoms in total. The molecule has 0 saturated heterocycles. The van der Waals surface area contributed by atoms with Gasteiger partial charge in [-0.3, -0.25) is 9.59 Å². The molecule has 1 aromatic carbocycles. The van der Waals surface area contributed by atoms with Crippen molar-refractivity contribution in [3.05, 3.63) is 35.4 Å². The Hall–Kier alpha value is -2.39. The molecule has 3 N–H and O–H groups in total. The molecule has 1 unspecified atom stereocenters. The SMILES string of the molecule is COCC(N)(C(=O)OC)C(=O)[C@H](C)NC(=O)Cc1cc(F)cc(F)c1. The van der Waals surface area contributed by atoms with Crippen molar-refractivity contribution in [2.45, 2.75) is 24.9 Å². The monoisotopic (exact) mass is 358 g/mol. The number of nitrogens with one attached hydrogen (secondary N) is 1. The van der Waals surface area contributed by atoms with Gasteiger partial charge in [0.25, 0.3) is 0 Å². The minimum Gasteiger partial charge on any atom is -0.467 e. The number of ether oxygens (including phenoxy) is 2. The number of Topliss-reactive ketones (excluding diaryl/α,β-unsaturated/α-hetero) is 1. The average Bonchev–Trinajstić information content (AvgIpc) is 2.52. The molecule has 0 aromatic heterocycles. The van der Waals surface area contributed by atoms with Crippen molar-refractivity contribution in [2.24, 2.45) is 5.73 Å². The summed E-state index contributed by atoms with van der Waals surface area (Å²) in [5.41, 5.74) is 3.79. The summed E-state index contributed by atoms with van der Waals surface area (Å²) in [6.07, 6.45) is -0.355. The van der Waals surface area contributed by atoms with Gasteiger partial charge in [-0.1, -0.05) is 0 Å². The van der Waals surface area contributed by atoms with Crippen LogP contribution in [0.3, 0.4) is 0 Å². The summed E-state index contributed by atoms with van der Waals surface area (Å²) < 4.78 is 35.6. The first kappa shape index (κ1) is 20.7. The lowest BCUT2D eigenvalue weighted by Gasteiger charge is -2.27. The van der Waals surface area contributed by atoms with Crippen molar-refractivity contribution in [1.29, 1.82) is 0 Å². The number of amides is 1. The minimum absolute atomic E-state index is 0.0959. The maximum absolute atomic E-state index is 13.1. The molecule has 1 amide bonds. The van der Waals surface area contributed by atoms with Crippen molar-refractivity contribution < 1.29 is 32.6 Å². The smallest absolute Gasteiger partial charge is 0.336 e. The molecule has 0 aliphatic carbocycles. The number of ketones is 1. The van der Waals surface area contributed by atoms with Crippen LogP contribution in [0.25, 0.3) is 0 Å². The Morgan fingerprint density at radius 3 is 2.24 bits per heavy atom. The third kappa shape index (κ3) is 5.30. The fraction of sp³-hybridized carbons (Fsp3) is 0.438. The topological polar surface area (TPSA) is 108 Å². The van der Waals surface area contributed by atoms with Crippen LogP contribution in [-0.2, 0) is 30.3 Å². The number of hydrogen-bond acceptors (Lipinski definition) is 6. The number of methoxy groups -OCH3 is 2. The fourth-order valence-corrected chi connectivity index (χ4v) is 2.28. The van der Waals surface area contributed by atoms with E-state index < -0.39 is 47.5 Å². The van der Waals surface area contributed by atoms with Gasteiger partial charge in [0, 0.05) is 13.2 Å². The second-order valence-corrected chi connectivity index (χ2v) is 5.50. The van der Waals surface area contributed by atoms with Crippen LogP contribution >= 0.6 is 0 Å². The standard InChI is InChI=1S/C16H20F2N2O5/c1-9(14(22)16(19,8-24-2)15(23)25-3)20-13(21)6-10-4-11(17)7-12(18)5-10/h4-5,7,9H,6,8,19H2,1-3H3,(H,20,21)/t9-,16?/m0/s1. The summed E-state index contributed by atoms with van der Waals surface area (Å²) in [6.45, 7) is 0.889. The van der Waals surface area contributed by atoms with Crippen molar-refractivity contribution >= 4 is 17.7 Å². The maximum Gasteiger partial charge on any atom is 0.336 e. The highest BCUT2D eigenvalue weighted by Crippen LogP contribution is 2.11. The highest BCUT2D eigenvalue weighted by Gasteiger charge is 2.45. The molecule has 0 heterocycles. The van der Waals surface area contributed by atoms with Gasteiger partial charge in [-0.15, -0.1) is 0 Å². The number of carbonyl (C=O) groups is 3. The van der Waals surface area contributed by atoms with Crippen LogP contribution in [0, 0.1) is 11.6 Å². The first-order valence-corrected chi connectivity index (χ1v) is 7.29. The number of benzene rings is 1. The number of hydrogen-bond donors (Lipinski definition) is 2. The molecule has 0 bridgehead atoms. The minimum atomic E-state index is -2.08. The molecule has 0 aliphatic rings. The molecule has 2 atom stereocenters. The van der Waals surface area contributed by atoms with E-state index >= 15 is 0 Å². The van der Waals surface area contributed by atoms with E-state index in [-0.39, 0.29) is 12.0 Å². The van der Waals surface area contributed by atoms with Crippen LogP contribution in [0.15, 0.2) is 18.2 Å². The quantitative estimate of drug-likeness (QED) is 0.504. The lowest BCUT2D eigenvalue weighted by Crippen LogP contribution is -2.63. The number of nitrogens with two attached hydrogens (primary N) is 1. The first-order valence-electron chi connectivity index (χ1n) is 7.29. The summed E-state index contributed by atoms with van der Waals surface area (Å²) >= 11 is 0. The molecule has 0 spiro atoms. The molecule has 9 heteroatoms. The Morgan fingerprint density at radius 2 is 1.76 bits per heavy atom. The Morgan fingerprint density at radius 1 is 1.20 bits per heavy atom. The van der Waals surface area contributed by atoms with Gasteiger partial charge >= 0.3 is 5.97 Å². The lowest BCUT2D eigenvalue weighted by atomic mass is 9.91. The van der Waals surface area contributed by atoms with E-state index in [1.165, 1.54) is 14.0 Å². The summed E-state index contributed by atoms with van der Waals surface area (Å²) in [5, 5.41) is 2.33. The molecular weight excluding hydrogens is 338 g/mol. The summed E-state index contributed by atoms with van der Waals surface area (Å²) in [6, 6.07) is 1.53. The van der Waals surface area contributed by atoms with E-state index in [1.54, 1.807) is 0 Å². The van der Waals surface area contributed by atoms with Gasteiger partial charge in [0.2, 0.25) is 5.91 Å². The second-order valence-electron chi connectivity index (χ2n) is 5.50. The fourth-order valence-electron chi connectivity index (χ4n) is 2.28. The highest BCUT2D eigenvalue weighted by atomic mass is 19.1. The summed E-state index contributed by atoms with van der Waals surface area (Å²) in [7, 11) is 2.31. The van der Waals surface area contributed by atoms with Crippen LogP contribution in [0.4, 0.5) is 8.78 Å². The molecular formula is C16H20F2N2O5. The van der Waals surface area contributed by atoms with Gasteiger partial charge in [0.05, 0.1) is 26.2 Å². The third-order valence-electron chi connectivity index (χ3n) is 3.42. The van der Waals surface area contributed by atoms with Gasteiger partial charge in [-0.25, -0.2) is 13.6 Å². The van der Waals surface area contributed by atoms with Crippen LogP contribution in [0.1, 0.15) is 12.5 Å². The van der Waals surface area contributed by atoms with Crippen molar-refractivity contribution in [3.63, 3.8) is 0 Å². The molecule has 1 aromatic rings. The van der Waals surface area contributed by atoms with Crippen LogP contribution < -0.4 is 11.1 Å². The largest absolute Gasteiger partial charge is 0.467 e. The third-order valence-corrected chi connectivity index (χ3v) is 3.42. The molecule has 25 heavy (non-hydrogen) atoms. The molecule has 0 saturated carbocycles. The first-order chi connectivity index (χ1) is 11.6. The maximum atomic E-state index is 13.1. The van der Waals surface area contributed by atoms with Gasteiger partial charge in [0.15, 0.2) is 11.3 Å². The van der Waals surface area contributed by atoms with E-state index in [0.717, 1.165) is 19.2 Å². The molecule has 138 valence electrons. The van der Waals surface area contributed by atoms with Crippen molar-refractivity contribution in [3.8, 4) is 0 Å². The second kappa shape index (κ2) is 8.63. The number of rotatable bonds is 8. The summed E-state index contributed by atoms with van der Waals surface area (Å²) in [4.78, 5) is 36.2. The van der Waals surface area contributed by atoms with E-state index in [9.17, 15) is 23.2 Å². The Balaban J connectivity index is 2.81. The zero-order chi connectivity index (χ0) is 19.2. The van der Waals surface area contributed by atoms with E-state index in [4.69, 9.17) is 10.5 Å². The van der Waals surface area contributed by atoms with Crippen LogP contribution in [-0.4, -0.2) is 50.1 Å². The van der Waals surface area contributed by atoms with E-state index in [1.807, 2.05) is 0 Å². The van der Waals surface area contributed by atoms with Crippen LogP contribution in [0.2, 0.25) is 0 Å². The zero-order valence-electron chi connectivity index (χ0n) is 14.1. The van der Waals surface area contributed by atoms with Crippen molar-refractivity contribution in [2.75, 3.05) is 20.8 Å². The predicted molar refractivity (Wildman–Crippen MR) is 83.5 cm³/mol.